The van der Waals surface area contributed by atoms with Gasteiger partial charge in [-0.1, -0.05) is 60.2 Å². The molecule has 0 spiro atoms. The highest BCUT2D eigenvalue weighted by Gasteiger charge is 2.32. The van der Waals surface area contributed by atoms with Crippen molar-refractivity contribution in [1.29, 1.82) is 0 Å². The summed E-state index contributed by atoms with van der Waals surface area (Å²) in [4.78, 5) is 14.6. The molecule has 0 N–H and O–H groups in total. The van der Waals surface area contributed by atoms with E-state index >= 15 is 0 Å². The van der Waals surface area contributed by atoms with E-state index in [1.54, 1.807) is 0 Å². The Morgan fingerprint density at radius 1 is 1.00 bits per heavy atom. The van der Waals surface area contributed by atoms with E-state index in [0.29, 0.717) is 13.0 Å². The summed E-state index contributed by atoms with van der Waals surface area (Å²) in [6.45, 7) is 4.85. The Balaban J connectivity index is 1.99. The number of carbonyl (C=O) groups is 1. The van der Waals surface area contributed by atoms with Crippen LogP contribution in [0, 0.1) is 6.92 Å². The first-order valence-electron chi connectivity index (χ1n) is 8.57. The van der Waals surface area contributed by atoms with Crippen LogP contribution in [0.3, 0.4) is 0 Å². The number of nitrogens with zero attached hydrogens (tertiary/aromatic N) is 1. The monoisotopic (exact) mass is 315 g/mol. The lowest BCUT2D eigenvalue weighted by Gasteiger charge is -2.34. The molecule has 2 heteroatoms. The Morgan fingerprint density at radius 2 is 1.75 bits per heavy atom. The van der Waals surface area contributed by atoms with E-state index in [1.165, 1.54) is 27.5 Å². The molecule has 0 bridgehead atoms. The molecular weight excluding hydrogens is 294 g/mol. The predicted molar refractivity (Wildman–Crippen MR) is 99.6 cm³/mol. The smallest absolute Gasteiger partial charge is 0.227 e. The standard InChI is InChI=1S/C22H21NO/c1-3-23-20-13-12-16-6-4-5-7-18(16)22(20)19(14-21(23)24)17-10-8-15(2)9-11-17/h4-13,19H,3,14H2,1-2H3. The van der Waals surface area contributed by atoms with Gasteiger partial charge in [0.05, 0.1) is 0 Å². The molecule has 3 aromatic carbocycles. The van der Waals surface area contributed by atoms with Crippen molar-refractivity contribution in [1.82, 2.24) is 0 Å². The number of rotatable bonds is 2. The fraction of sp³-hybridized carbons (Fsp3) is 0.227. The molecule has 1 atom stereocenters. The Bertz CT molecular complexity index is 911. The van der Waals surface area contributed by atoms with E-state index in [-0.39, 0.29) is 11.8 Å². The van der Waals surface area contributed by atoms with Gasteiger partial charge in [0.15, 0.2) is 0 Å². The molecule has 1 aliphatic heterocycles. The maximum absolute atomic E-state index is 12.7. The van der Waals surface area contributed by atoms with Crippen molar-refractivity contribution in [2.24, 2.45) is 0 Å². The number of benzene rings is 3. The Morgan fingerprint density at radius 3 is 2.50 bits per heavy atom. The molecule has 0 saturated carbocycles. The largest absolute Gasteiger partial charge is 0.312 e. The minimum Gasteiger partial charge on any atom is -0.312 e. The lowest BCUT2D eigenvalue weighted by atomic mass is 9.81. The minimum absolute atomic E-state index is 0.127. The Kier molecular flexibility index (Phi) is 3.61. The Hall–Kier alpha value is -2.61. The third-order valence-electron chi connectivity index (χ3n) is 5.06. The molecule has 1 heterocycles. The van der Waals surface area contributed by atoms with Crippen molar-refractivity contribution in [3.05, 3.63) is 77.4 Å². The SMILES string of the molecule is CCN1C(=O)CC(c2ccc(C)cc2)c2c1ccc1ccccc21. The summed E-state index contributed by atoms with van der Waals surface area (Å²) in [6, 6.07) is 21.3. The summed E-state index contributed by atoms with van der Waals surface area (Å²) in [5.41, 5.74) is 4.83. The van der Waals surface area contributed by atoms with E-state index in [0.717, 1.165) is 5.69 Å². The third kappa shape index (κ3) is 2.30. The molecule has 24 heavy (non-hydrogen) atoms. The van der Waals surface area contributed by atoms with Crippen LogP contribution in [0.4, 0.5) is 5.69 Å². The van der Waals surface area contributed by atoms with Gasteiger partial charge in [0.1, 0.15) is 0 Å². The van der Waals surface area contributed by atoms with Gasteiger partial charge in [-0.25, -0.2) is 0 Å². The second kappa shape index (κ2) is 5.79. The normalized spacial score (nSPS) is 17.2. The topological polar surface area (TPSA) is 20.3 Å². The number of anilines is 1. The third-order valence-corrected chi connectivity index (χ3v) is 5.06. The quantitative estimate of drug-likeness (QED) is 0.649. The second-order valence-corrected chi connectivity index (χ2v) is 6.52. The summed E-state index contributed by atoms with van der Waals surface area (Å²) in [6.07, 6.45) is 0.540. The molecule has 3 aromatic rings. The van der Waals surface area contributed by atoms with Crippen LogP contribution in [-0.4, -0.2) is 12.5 Å². The van der Waals surface area contributed by atoms with Gasteiger partial charge in [-0.2, -0.15) is 0 Å². The fourth-order valence-corrected chi connectivity index (χ4v) is 3.84. The summed E-state index contributed by atoms with van der Waals surface area (Å²) in [7, 11) is 0. The molecule has 1 amide bonds. The first kappa shape index (κ1) is 14.9. The van der Waals surface area contributed by atoms with Gasteiger partial charge in [-0.05, 0) is 41.8 Å². The molecule has 0 aromatic heterocycles. The van der Waals surface area contributed by atoms with Gasteiger partial charge >= 0.3 is 0 Å². The molecule has 0 saturated heterocycles. The molecule has 0 fully saturated rings. The van der Waals surface area contributed by atoms with Crippen molar-refractivity contribution in [3.8, 4) is 0 Å². The summed E-state index contributed by atoms with van der Waals surface area (Å²) >= 11 is 0. The number of fused-ring (bicyclic) bond motifs is 3. The molecule has 120 valence electrons. The van der Waals surface area contributed by atoms with E-state index in [4.69, 9.17) is 0 Å². The number of hydrogen-bond acceptors (Lipinski definition) is 1. The molecule has 1 unspecified atom stereocenters. The number of aryl methyl sites for hydroxylation is 1. The van der Waals surface area contributed by atoms with Gasteiger partial charge < -0.3 is 4.90 Å². The van der Waals surface area contributed by atoms with Crippen LogP contribution in [0.25, 0.3) is 10.8 Å². The summed E-state index contributed by atoms with van der Waals surface area (Å²) in [5.74, 6) is 0.341. The van der Waals surface area contributed by atoms with Crippen molar-refractivity contribution in [2.75, 3.05) is 11.4 Å². The maximum atomic E-state index is 12.7. The first-order chi connectivity index (χ1) is 11.7. The fourth-order valence-electron chi connectivity index (χ4n) is 3.84. The van der Waals surface area contributed by atoms with Crippen LogP contribution in [0.1, 0.15) is 36.0 Å². The average molecular weight is 315 g/mol. The number of hydrogen-bond donors (Lipinski definition) is 0. The molecule has 1 aliphatic rings. The highest BCUT2D eigenvalue weighted by Crippen LogP contribution is 2.43. The van der Waals surface area contributed by atoms with E-state index in [1.807, 2.05) is 11.8 Å². The van der Waals surface area contributed by atoms with Gasteiger partial charge in [0.2, 0.25) is 5.91 Å². The first-order valence-corrected chi connectivity index (χ1v) is 8.57. The predicted octanol–water partition coefficient (Wildman–Crippen LogP) is 5.04. The molecular formula is C22H21NO. The van der Waals surface area contributed by atoms with E-state index in [2.05, 4.69) is 67.6 Å². The van der Waals surface area contributed by atoms with Crippen LogP contribution < -0.4 is 4.90 Å². The number of carbonyl (C=O) groups excluding carboxylic acids is 1. The zero-order valence-corrected chi connectivity index (χ0v) is 14.1. The highest BCUT2D eigenvalue weighted by atomic mass is 16.2. The van der Waals surface area contributed by atoms with Crippen LogP contribution >= 0.6 is 0 Å². The molecule has 2 nitrogen and oxygen atoms in total. The highest BCUT2D eigenvalue weighted by molar-refractivity contribution is 6.03. The zero-order valence-electron chi connectivity index (χ0n) is 14.1. The maximum Gasteiger partial charge on any atom is 0.227 e. The molecule has 0 radical (unpaired) electrons. The lowest BCUT2D eigenvalue weighted by molar-refractivity contribution is -0.119. The molecule has 4 rings (SSSR count). The minimum atomic E-state index is 0.127. The van der Waals surface area contributed by atoms with Crippen molar-refractivity contribution >= 4 is 22.4 Å². The van der Waals surface area contributed by atoms with Gasteiger partial charge in [0, 0.05) is 24.6 Å². The van der Waals surface area contributed by atoms with Gasteiger partial charge in [-0.15, -0.1) is 0 Å². The Labute approximate surface area is 142 Å². The summed E-state index contributed by atoms with van der Waals surface area (Å²) in [5, 5.41) is 2.49. The van der Waals surface area contributed by atoms with Crippen LogP contribution in [0.2, 0.25) is 0 Å². The van der Waals surface area contributed by atoms with Gasteiger partial charge in [0.25, 0.3) is 0 Å². The lowest BCUT2D eigenvalue weighted by Crippen LogP contribution is -2.36. The molecule has 0 aliphatic carbocycles. The van der Waals surface area contributed by atoms with Crippen LogP contribution in [0.15, 0.2) is 60.7 Å². The van der Waals surface area contributed by atoms with Crippen LogP contribution in [0.5, 0.6) is 0 Å². The van der Waals surface area contributed by atoms with E-state index in [9.17, 15) is 4.79 Å². The summed E-state index contributed by atoms with van der Waals surface area (Å²) < 4.78 is 0. The second-order valence-electron chi connectivity index (χ2n) is 6.52. The van der Waals surface area contributed by atoms with Gasteiger partial charge in [-0.3, -0.25) is 4.79 Å². The van der Waals surface area contributed by atoms with E-state index < -0.39 is 0 Å². The van der Waals surface area contributed by atoms with Crippen molar-refractivity contribution < 1.29 is 4.79 Å². The van der Waals surface area contributed by atoms with Crippen LogP contribution in [-0.2, 0) is 4.79 Å². The van der Waals surface area contributed by atoms with Crippen molar-refractivity contribution in [2.45, 2.75) is 26.2 Å². The number of amides is 1. The van der Waals surface area contributed by atoms with Crippen molar-refractivity contribution in [3.63, 3.8) is 0 Å². The average Bonchev–Trinajstić information content (AvgIpc) is 2.61. The zero-order chi connectivity index (χ0) is 16.7.